The molecule has 1 aromatic heterocycles. The lowest BCUT2D eigenvalue weighted by Crippen LogP contribution is -2.34. The van der Waals surface area contributed by atoms with Crippen molar-refractivity contribution in [2.75, 3.05) is 0 Å². The molecule has 5 heteroatoms. The molecular weight excluding hydrogens is 252 g/mol. The van der Waals surface area contributed by atoms with Gasteiger partial charge < -0.3 is 0 Å². The van der Waals surface area contributed by atoms with Crippen LogP contribution in [0.15, 0.2) is 34.7 Å². The van der Waals surface area contributed by atoms with Crippen LogP contribution < -0.4 is 0 Å². The normalized spacial score (nSPS) is 26.8. The maximum Gasteiger partial charge on any atom is 0.145 e. The van der Waals surface area contributed by atoms with Gasteiger partial charge >= 0.3 is 0 Å². The van der Waals surface area contributed by atoms with Gasteiger partial charge in [-0.05, 0) is 20.8 Å². The highest BCUT2D eigenvalue weighted by atomic mass is 32.2. The van der Waals surface area contributed by atoms with E-state index < -0.39 is 0 Å². The van der Waals surface area contributed by atoms with Crippen molar-refractivity contribution < 1.29 is 4.79 Å². The Morgan fingerprint density at radius 1 is 1.65 bits per heavy atom. The molecule has 0 N–H and O–H groups in total. The molecule has 0 saturated heterocycles. The molecule has 0 amide bonds. The number of thiazole rings is 1. The fourth-order valence-electron chi connectivity index (χ4n) is 1.54. The second-order valence-corrected chi connectivity index (χ2v) is 5.90. The number of rotatable bonds is 2. The topological polar surface area (TPSA) is 42.3 Å². The number of ketones is 1. The third-order valence-corrected chi connectivity index (χ3v) is 4.35. The Balaban J connectivity index is 0.000000239. The van der Waals surface area contributed by atoms with Crippen LogP contribution in [0.5, 0.6) is 0 Å². The summed E-state index contributed by atoms with van der Waals surface area (Å²) < 4.78 is 0. The van der Waals surface area contributed by atoms with Crippen LogP contribution in [-0.4, -0.2) is 26.6 Å². The summed E-state index contributed by atoms with van der Waals surface area (Å²) in [5.74, 6) is 0.169. The van der Waals surface area contributed by atoms with Gasteiger partial charge in [0.2, 0.25) is 0 Å². The molecule has 0 radical (unpaired) electrons. The Kier molecular flexibility index (Phi) is 5.08. The molecule has 92 valence electrons. The fourth-order valence-corrected chi connectivity index (χ4v) is 3.03. The molecule has 17 heavy (non-hydrogen) atoms. The Morgan fingerprint density at radius 3 is 2.65 bits per heavy atom. The first-order valence-corrected chi connectivity index (χ1v) is 7.01. The molecule has 0 aliphatic carbocycles. The van der Waals surface area contributed by atoms with Crippen molar-refractivity contribution in [3.05, 3.63) is 29.7 Å². The molecule has 1 aliphatic heterocycles. The maximum atomic E-state index is 11.2. The monoisotopic (exact) mass is 268 g/mol. The lowest BCUT2D eigenvalue weighted by atomic mass is 9.96. The molecule has 2 heterocycles. The molecule has 2 rings (SSSR count). The van der Waals surface area contributed by atoms with Gasteiger partial charge in [0.15, 0.2) is 0 Å². The molecule has 1 aliphatic rings. The number of hydrogen-bond donors (Lipinski definition) is 0. The lowest BCUT2D eigenvalue weighted by molar-refractivity contribution is -0.117. The number of aliphatic imine (C=N–C) groups is 1. The van der Waals surface area contributed by atoms with Crippen molar-refractivity contribution in [3.8, 4) is 0 Å². The number of carbonyl (C=O) groups is 1. The van der Waals surface area contributed by atoms with Crippen molar-refractivity contribution >= 4 is 33.9 Å². The summed E-state index contributed by atoms with van der Waals surface area (Å²) in [6.45, 7) is 9.18. The number of nitrogens with zero attached hydrogens (tertiary/aromatic N) is 2. The molecule has 0 saturated carbocycles. The van der Waals surface area contributed by atoms with Gasteiger partial charge in [-0.15, -0.1) is 17.9 Å². The van der Waals surface area contributed by atoms with E-state index in [0.29, 0.717) is 0 Å². The van der Waals surface area contributed by atoms with E-state index in [1.807, 2.05) is 19.2 Å². The number of aromatic nitrogens is 1. The third kappa shape index (κ3) is 3.78. The summed E-state index contributed by atoms with van der Waals surface area (Å²) in [5, 5.41) is 2.83. The fraction of sp³-hybridized carbons (Fsp3) is 0.417. The molecule has 2 atom stereocenters. The van der Waals surface area contributed by atoms with Gasteiger partial charge in [0.25, 0.3) is 0 Å². The highest BCUT2D eigenvalue weighted by molar-refractivity contribution is 8.15. The zero-order valence-corrected chi connectivity index (χ0v) is 11.8. The van der Waals surface area contributed by atoms with E-state index in [2.05, 4.69) is 16.6 Å². The molecular formula is C12H16N2OS2. The van der Waals surface area contributed by atoms with Crippen molar-refractivity contribution in [1.29, 1.82) is 0 Å². The molecule has 2 unspecified atom stereocenters. The Bertz CT molecular complexity index is 397. The quantitative estimate of drug-likeness (QED) is 0.774. The lowest BCUT2D eigenvalue weighted by Gasteiger charge is -2.21. The maximum absolute atomic E-state index is 11.2. The van der Waals surface area contributed by atoms with E-state index in [4.69, 9.17) is 0 Å². The van der Waals surface area contributed by atoms with Gasteiger partial charge in [-0.3, -0.25) is 14.8 Å². The van der Waals surface area contributed by atoms with Gasteiger partial charge in [0.1, 0.15) is 5.78 Å². The van der Waals surface area contributed by atoms with Gasteiger partial charge in [-0.2, -0.15) is 0 Å². The smallest absolute Gasteiger partial charge is 0.145 e. The van der Waals surface area contributed by atoms with E-state index >= 15 is 0 Å². The predicted octanol–water partition coefficient (Wildman–Crippen LogP) is 3.20. The minimum atomic E-state index is -0.388. The van der Waals surface area contributed by atoms with E-state index in [9.17, 15) is 4.79 Å². The summed E-state index contributed by atoms with van der Waals surface area (Å²) in [4.78, 5) is 19.3. The van der Waals surface area contributed by atoms with E-state index in [1.54, 1.807) is 36.0 Å². The van der Waals surface area contributed by atoms with Crippen molar-refractivity contribution in [1.82, 2.24) is 4.98 Å². The summed E-state index contributed by atoms with van der Waals surface area (Å²) in [6, 6.07) is 0. The average molecular weight is 268 g/mol. The molecule has 3 nitrogen and oxygen atoms in total. The zero-order chi connectivity index (χ0) is 12.9. The van der Waals surface area contributed by atoms with Crippen LogP contribution in [0.3, 0.4) is 0 Å². The van der Waals surface area contributed by atoms with Crippen molar-refractivity contribution in [3.63, 3.8) is 0 Å². The Hall–Kier alpha value is -0.940. The molecule has 0 bridgehead atoms. The van der Waals surface area contributed by atoms with Gasteiger partial charge in [0, 0.05) is 11.6 Å². The third-order valence-electron chi connectivity index (χ3n) is 2.35. The van der Waals surface area contributed by atoms with Crippen LogP contribution in [0.4, 0.5) is 0 Å². The Morgan fingerprint density at radius 2 is 2.35 bits per heavy atom. The van der Waals surface area contributed by atoms with Crippen LogP contribution in [0, 0.1) is 0 Å². The number of thioether (sulfide) groups is 1. The highest BCUT2D eigenvalue weighted by Gasteiger charge is 2.40. The first kappa shape index (κ1) is 14.1. The van der Waals surface area contributed by atoms with Gasteiger partial charge in [-0.25, -0.2) is 0 Å². The zero-order valence-electron chi connectivity index (χ0n) is 10.2. The van der Waals surface area contributed by atoms with E-state index in [1.165, 1.54) is 11.8 Å². The summed E-state index contributed by atoms with van der Waals surface area (Å²) in [6.07, 6.45) is 3.52. The van der Waals surface area contributed by atoms with Crippen molar-refractivity contribution in [2.24, 2.45) is 4.99 Å². The largest absolute Gasteiger partial charge is 0.299 e. The molecule has 1 aromatic rings. The minimum absolute atomic E-state index is 0.0741. The summed E-state index contributed by atoms with van der Waals surface area (Å²) >= 11 is 3.14. The van der Waals surface area contributed by atoms with Crippen LogP contribution in [0.2, 0.25) is 0 Å². The molecule has 0 spiro atoms. The number of hydrogen-bond acceptors (Lipinski definition) is 5. The van der Waals surface area contributed by atoms with Crippen LogP contribution in [0.1, 0.15) is 20.8 Å². The second kappa shape index (κ2) is 6.12. The second-order valence-electron chi connectivity index (χ2n) is 3.85. The standard InChI is InChI=1S/C9H13NOS.C3H3NS/c1-5-9(4)8(6(2)11)12-7(3)10-9;1-2-5-3-4-1/h5,8H,1H2,2-4H3;1-3H. The highest BCUT2D eigenvalue weighted by Crippen LogP contribution is 2.36. The SMILES string of the molecule is C=CC1(C)N=C(C)SC1C(C)=O.c1cscn1. The van der Waals surface area contributed by atoms with Crippen LogP contribution in [0.25, 0.3) is 0 Å². The first-order chi connectivity index (χ1) is 7.99. The van der Waals surface area contributed by atoms with Gasteiger partial charge in [-0.1, -0.05) is 17.8 Å². The summed E-state index contributed by atoms with van der Waals surface area (Å²) in [5.41, 5.74) is 1.40. The van der Waals surface area contributed by atoms with Crippen LogP contribution >= 0.6 is 23.1 Å². The van der Waals surface area contributed by atoms with E-state index in [-0.39, 0.29) is 16.6 Å². The number of carbonyl (C=O) groups excluding carboxylic acids is 1. The average Bonchev–Trinajstić information content (AvgIpc) is 2.90. The van der Waals surface area contributed by atoms with E-state index in [0.717, 1.165) is 5.04 Å². The predicted molar refractivity (Wildman–Crippen MR) is 75.9 cm³/mol. The molecule has 0 fully saturated rings. The Labute approximate surface area is 110 Å². The minimum Gasteiger partial charge on any atom is -0.299 e. The first-order valence-electron chi connectivity index (χ1n) is 5.19. The molecule has 0 aromatic carbocycles. The summed E-state index contributed by atoms with van der Waals surface area (Å²) in [7, 11) is 0. The van der Waals surface area contributed by atoms with Crippen LogP contribution in [-0.2, 0) is 4.79 Å². The number of Topliss-reactive ketones (excluding diaryl/α,β-unsaturated/α-hetero) is 1. The van der Waals surface area contributed by atoms with Gasteiger partial charge in [0.05, 0.1) is 21.3 Å². The van der Waals surface area contributed by atoms with Crippen molar-refractivity contribution in [2.45, 2.75) is 31.6 Å².